The lowest BCUT2D eigenvalue weighted by atomic mass is 9.90. The largest absolute Gasteiger partial charge is 0.371 e. The summed E-state index contributed by atoms with van der Waals surface area (Å²) in [6, 6.07) is 12.5. The van der Waals surface area contributed by atoms with E-state index in [1.54, 1.807) is 0 Å². The first kappa shape index (κ1) is 14.6. The number of piperidine rings is 1. The van der Waals surface area contributed by atoms with E-state index in [9.17, 15) is 0 Å². The summed E-state index contributed by atoms with van der Waals surface area (Å²) in [6.07, 6.45) is 7.48. The van der Waals surface area contributed by atoms with Gasteiger partial charge in [0.2, 0.25) is 0 Å². The van der Waals surface area contributed by atoms with Crippen molar-refractivity contribution in [3.63, 3.8) is 0 Å². The molecule has 0 unspecified atom stereocenters. The minimum Gasteiger partial charge on any atom is -0.371 e. The summed E-state index contributed by atoms with van der Waals surface area (Å²) in [5.74, 6) is 0.760. The summed E-state index contributed by atoms with van der Waals surface area (Å²) in [5.41, 5.74) is 3.68. The number of hydrogen-bond donors (Lipinski definition) is 1. The number of nitrogens with one attached hydrogen (secondary N) is 1. The smallest absolute Gasteiger partial charge is 0.139 e. The Hall–Kier alpha value is -2.00. The predicted octanol–water partition coefficient (Wildman–Crippen LogP) is 4.68. The molecule has 0 radical (unpaired) electrons. The van der Waals surface area contributed by atoms with Gasteiger partial charge in [0, 0.05) is 41.6 Å². The van der Waals surface area contributed by atoms with E-state index in [1.807, 2.05) is 24.5 Å². The molecule has 0 aliphatic carbocycles. The maximum atomic E-state index is 5.97. The second-order valence-electron chi connectivity index (χ2n) is 6.33. The zero-order valence-corrected chi connectivity index (χ0v) is 13.8. The van der Waals surface area contributed by atoms with Gasteiger partial charge in [0.1, 0.15) is 5.65 Å². The van der Waals surface area contributed by atoms with Gasteiger partial charge in [-0.05, 0) is 55.0 Å². The van der Waals surface area contributed by atoms with E-state index in [0.717, 1.165) is 36.1 Å². The zero-order chi connectivity index (χ0) is 15.6. The molecule has 1 N–H and O–H groups in total. The van der Waals surface area contributed by atoms with Gasteiger partial charge >= 0.3 is 0 Å². The third kappa shape index (κ3) is 3.06. The van der Waals surface area contributed by atoms with Gasteiger partial charge in [-0.15, -0.1) is 0 Å². The number of fused-ring (bicyclic) bond motifs is 1. The van der Waals surface area contributed by atoms with Crippen LogP contribution >= 0.6 is 11.6 Å². The number of nitrogens with zero attached hydrogens (tertiary/aromatic N) is 2. The fourth-order valence-corrected chi connectivity index (χ4v) is 3.68. The third-order valence-electron chi connectivity index (χ3n) is 4.83. The van der Waals surface area contributed by atoms with Gasteiger partial charge < -0.3 is 9.88 Å². The minimum absolute atomic E-state index is 0.760. The average Bonchev–Trinajstić information content (AvgIpc) is 3.06. The highest BCUT2D eigenvalue weighted by molar-refractivity contribution is 6.30. The van der Waals surface area contributed by atoms with Gasteiger partial charge in [-0.3, -0.25) is 0 Å². The minimum atomic E-state index is 0.760. The Morgan fingerprint density at radius 1 is 1.09 bits per heavy atom. The van der Waals surface area contributed by atoms with Crippen LogP contribution in [0, 0.1) is 5.92 Å². The monoisotopic (exact) mass is 325 g/mol. The van der Waals surface area contributed by atoms with E-state index in [4.69, 9.17) is 11.6 Å². The molecule has 0 bridgehead atoms. The second kappa shape index (κ2) is 6.25. The van der Waals surface area contributed by atoms with Gasteiger partial charge in [-0.1, -0.05) is 23.7 Å². The number of halogens is 1. The Balaban J connectivity index is 1.43. The number of H-pyrrole nitrogens is 1. The molecule has 0 amide bonds. The molecule has 0 saturated carbocycles. The molecule has 1 aliphatic heterocycles. The molecule has 1 fully saturated rings. The van der Waals surface area contributed by atoms with Crippen molar-refractivity contribution in [1.82, 2.24) is 9.97 Å². The molecule has 4 rings (SSSR count). The van der Waals surface area contributed by atoms with Crippen LogP contribution in [0.4, 0.5) is 5.69 Å². The van der Waals surface area contributed by atoms with E-state index in [2.05, 4.69) is 39.1 Å². The first-order valence-electron chi connectivity index (χ1n) is 8.21. The molecule has 4 heteroatoms. The predicted molar refractivity (Wildman–Crippen MR) is 96.2 cm³/mol. The van der Waals surface area contributed by atoms with Crippen molar-refractivity contribution in [2.75, 3.05) is 18.0 Å². The number of aromatic amines is 1. The molecule has 0 spiro atoms. The summed E-state index contributed by atoms with van der Waals surface area (Å²) in [5, 5.41) is 2.04. The normalized spacial score (nSPS) is 16.1. The lowest BCUT2D eigenvalue weighted by molar-refractivity contribution is 0.404. The summed E-state index contributed by atoms with van der Waals surface area (Å²) in [6.45, 7) is 2.23. The molecule has 118 valence electrons. The molecule has 2 aromatic heterocycles. The van der Waals surface area contributed by atoms with Gasteiger partial charge in [0.05, 0.1) is 0 Å². The zero-order valence-electron chi connectivity index (χ0n) is 13.0. The van der Waals surface area contributed by atoms with E-state index in [1.165, 1.54) is 29.5 Å². The van der Waals surface area contributed by atoms with Crippen molar-refractivity contribution in [3.8, 4) is 0 Å². The SMILES string of the molecule is Clc1ccc(CC2CCN(c3ccnc4[nH]ccc34)CC2)cc1. The molecule has 0 atom stereocenters. The fraction of sp³-hybridized carbons (Fsp3) is 0.316. The molecule has 3 nitrogen and oxygen atoms in total. The van der Waals surface area contributed by atoms with Crippen molar-refractivity contribution < 1.29 is 0 Å². The lowest BCUT2D eigenvalue weighted by Gasteiger charge is -2.34. The molecular formula is C19H20ClN3. The van der Waals surface area contributed by atoms with E-state index in [0.29, 0.717) is 0 Å². The standard InChI is InChI=1S/C19H20ClN3/c20-16-3-1-14(2-4-16)13-15-7-11-23(12-8-15)18-6-10-22-19-17(18)5-9-21-19/h1-6,9-10,15H,7-8,11-13H2,(H,21,22). The van der Waals surface area contributed by atoms with Crippen LogP contribution in [0.3, 0.4) is 0 Å². The highest BCUT2D eigenvalue weighted by Gasteiger charge is 2.21. The van der Waals surface area contributed by atoms with Crippen LogP contribution < -0.4 is 4.90 Å². The highest BCUT2D eigenvalue weighted by atomic mass is 35.5. The molecule has 23 heavy (non-hydrogen) atoms. The molecule has 3 heterocycles. The van der Waals surface area contributed by atoms with Gasteiger partial charge in [-0.2, -0.15) is 0 Å². The Kier molecular flexibility index (Phi) is 3.96. The van der Waals surface area contributed by atoms with Crippen molar-refractivity contribution in [1.29, 1.82) is 0 Å². The topological polar surface area (TPSA) is 31.9 Å². The highest BCUT2D eigenvalue weighted by Crippen LogP contribution is 2.30. The van der Waals surface area contributed by atoms with E-state index < -0.39 is 0 Å². The van der Waals surface area contributed by atoms with Crippen LogP contribution in [0.2, 0.25) is 5.02 Å². The van der Waals surface area contributed by atoms with E-state index in [-0.39, 0.29) is 0 Å². The Morgan fingerprint density at radius 2 is 1.87 bits per heavy atom. The number of anilines is 1. The van der Waals surface area contributed by atoms with Crippen LogP contribution in [0.25, 0.3) is 11.0 Å². The quantitative estimate of drug-likeness (QED) is 0.758. The van der Waals surface area contributed by atoms with Gasteiger partial charge in [0.25, 0.3) is 0 Å². The van der Waals surface area contributed by atoms with Crippen molar-refractivity contribution in [3.05, 3.63) is 59.4 Å². The summed E-state index contributed by atoms with van der Waals surface area (Å²) < 4.78 is 0. The van der Waals surface area contributed by atoms with Crippen LogP contribution in [0.1, 0.15) is 18.4 Å². The molecule has 1 aliphatic rings. The molecule has 1 saturated heterocycles. The first-order valence-corrected chi connectivity index (χ1v) is 8.59. The lowest BCUT2D eigenvalue weighted by Crippen LogP contribution is -2.34. The first-order chi connectivity index (χ1) is 11.3. The number of aromatic nitrogens is 2. The summed E-state index contributed by atoms with van der Waals surface area (Å²) >= 11 is 5.97. The maximum absolute atomic E-state index is 5.97. The number of hydrogen-bond acceptors (Lipinski definition) is 2. The summed E-state index contributed by atoms with van der Waals surface area (Å²) in [4.78, 5) is 10.1. The maximum Gasteiger partial charge on any atom is 0.139 e. The number of benzene rings is 1. The van der Waals surface area contributed by atoms with Gasteiger partial charge in [-0.25, -0.2) is 4.98 Å². The van der Waals surface area contributed by atoms with Crippen LogP contribution in [0.15, 0.2) is 48.8 Å². The van der Waals surface area contributed by atoms with Crippen LogP contribution in [0.5, 0.6) is 0 Å². The van der Waals surface area contributed by atoms with Crippen molar-refractivity contribution >= 4 is 28.3 Å². The second-order valence-corrected chi connectivity index (χ2v) is 6.77. The Labute approximate surface area is 141 Å². The van der Waals surface area contributed by atoms with Crippen LogP contribution in [-0.4, -0.2) is 23.1 Å². The average molecular weight is 326 g/mol. The third-order valence-corrected chi connectivity index (χ3v) is 5.08. The van der Waals surface area contributed by atoms with E-state index >= 15 is 0 Å². The molecular weight excluding hydrogens is 306 g/mol. The van der Waals surface area contributed by atoms with Gasteiger partial charge in [0.15, 0.2) is 0 Å². The van der Waals surface area contributed by atoms with Crippen molar-refractivity contribution in [2.45, 2.75) is 19.3 Å². The molecule has 3 aromatic rings. The molecule has 1 aromatic carbocycles. The Morgan fingerprint density at radius 3 is 2.65 bits per heavy atom. The van der Waals surface area contributed by atoms with Crippen LogP contribution in [-0.2, 0) is 6.42 Å². The fourth-order valence-electron chi connectivity index (χ4n) is 3.55. The summed E-state index contributed by atoms with van der Waals surface area (Å²) in [7, 11) is 0. The number of rotatable bonds is 3. The van der Waals surface area contributed by atoms with Crippen molar-refractivity contribution in [2.24, 2.45) is 5.92 Å². The Bertz CT molecular complexity index is 786. The number of pyridine rings is 1.